The highest BCUT2D eigenvalue weighted by Crippen LogP contribution is 2.32. The molecule has 1 heterocycles. The van der Waals surface area contributed by atoms with Crippen molar-refractivity contribution < 1.29 is 22.3 Å². The highest BCUT2D eigenvalue weighted by molar-refractivity contribution is 5.31. The van der Waals surface area contributed by atoms with E-state index >= 15 is 0 Å². The van der Waals surface area contributed by atoms with E-state index in [1.165, 1.54) is 12.1 Å². The van der Waals surface area contributed by atoms with Crippen LogP contribution < -0.4 is 10.1 Å². The molecular formula is C16H22F4N2O. The Morgan fingerprint density at radius 3 is 2.57 bits per heavy atom. The summed E-state index contributed by atoms with van der Waals surface area (Å²) < 4.78 is 54.9. The van der Waals surface area contributed by atoms with E-state index in [9.17, 15) is 17.6 Å². The van der Waals surface area contributed by atoms with Gasteiger partial charge in [-0.05, 0) is 24.1 Å². The SMILES string of the molecule is CCC[C@H](c1cccc(OC(F)(F)C(F)F)c1)N1CCNCC1. The summed E-state index contributed by atoms with van der Waals surface area (Å²) in [6.07, 6.45) is -6.53. The van der Waals surface area contributed by atoms with Crippen molar-refractivity contribution in [1.29, 1.82) is 0 Å². The van der Waals surface area contributed by atoms with Crippen molar-refractivity contribution >= 4 is 0 Å². The number of alkyl halides is 4. The zero-order valence-electron chi connectivity index (χ0n) is 13.1. The smallest absolute Gasteiger partial charge is 0.428 e. The molecular weight excluding hydrogens is 312 g/mol. The van der Waals surface area contributed by atoms with E-state index < -0.39 is 12.5 Å². The third-order valence-electron chi connectivity index (χ3n) is 3.91. The Labute approximate surface area is 133 Å². The van der Waals surface area contributed by atoms with Crippen LogP contribution in [0.5, 0.6) is 5.75 Å². The van der Waals surface area contributed by atoms with Crippen LogP contribution in [0.15, 0.2) is 24.3 Å². The minimum atomic E-state index is -4.48. The number of ether oxygens (including phenoxy) is 1. The number of benzene rings is 1. The molecule has 130 valence electrons. The van der Waals surface area contributed by atoms with Crippen LogP contribution in [0.1, 0.15) is 31.4 Å². The summed E-state index contributed by atoms with van der Waals surface area (Å²) >= 11 is 0. The van der Waals surface area contributed by atoms with E-state index in [4.69, 9.17) is 0 Å². The lowest BCUT2D eigenvalue weighted by molar-refractivity contribution is -0.253. The van der Waals surface area contributed by atoms with Crippen molar-refractivity contribution in [2.45, 2.75) is 38.3 Å². The Morgan fingerprint density at radius 2 is 1.96 bits per heavy atom. The van der Waals surface area contributed by atoms with E-state index in [0.717, 1.165) is 44.6 Å². The molecule has 1 aromatic rings. The maximum Gasteiger partial charge on any atom is 0.461 e. The van der Waals surface area contributed by atoms with Crippen molar-refractivity contribution in [2.75, 3.05) is 26.2 Å². The molecule has 0 unspecified atom stereocenters. The molecule has 0 radical (unpaired) electrons. The summed E-state index contributed by atoms with van der Waals surface area (Å²) in [6.45, 7) is 5.53. The highest BCUT2D eigenvalue weighted by Gasteiger charge is 2.44. The molecule has 0 bridgehead atoms. The summed E-state index contributed by atoms with van der Waals surface area (Å²) in [7, 11) is 0. The number of halogens is 4. The Morgan fingerprint density at radius 1 is 1.26 bits per heavy atom. The summed E-state index contributed by atoms with van der Waals surface area (Å²) in [5.74, 6) is -0.232. The molecule has 1 aliphatic heterocycles. The third kappa shape index (κ3) is 4.81. The minimum Gasteiger partial charge on any atom is -0.428 e. The van der Waals surface area contributed by atoms with Crippen molar-refractivity contribution in [3.05, 3.63) is 29.8 Å². The Hall–Kier alpha value is -1.34. The van der Waals surface area contributed by atoms with Gasteiger partial charge < -0.3 is 10.1 Å². The van der Waals surface area contributed by atoms with Gasteiger partial charge in [0, 0.05) is 32.2 Å². The second kappa shape index (κ2) is 7.97. The predicted octanol–water partition coefficient (Wildman–Crippen LogP) is 3.67. The number of piperazine rings is 1. The van der Waals surface area contributed by atoms with Gasteiger partial charge in [0.1, 0.15) is 5.75 Å². The number of rotatable bonds is 7. The first-order valence-electron chi connectivity index (χ1n) is 7.83. The van der Waals surface area contributed by atoms with Crippen LogP contribution in [0.3, 0.4) is 0 Å². The summed E-state index contributed by atoms with van der Waals surface area (Å²) in [5, 5.41) is 3.27. The van der Waals surface area contributed by atoms with Gasteiger partial charge in [0.15, 0.2) is 0 Å². The van der Waals surface area contributed by atoms with Gasteiger partial charge in [-0.1, -0.05) is 25.5 Å². The molecule has 0 spiro atoms. The Bertz CT molecular complexity index is 493. The molecule has 0 aromatic heterocycles. The average molecular weight is 334 g/mol. The summed E-state index contributed by atoms with van der Waals surface area (Å²) in [5.41, 5.74) is 0.816. The van der Waals surface area contributed by atoms with Crippen LogP contribution in [-0.2, 0) is 0 Å². The van der Waals surface area contributed by atoms with Gasteiger partial charge >= 0.3 is 12.5 Å². The quantitative estimate of drug-likeness (QED) is 0.770. The zero-order chi connectivity index (χ0) is 16.9. The third-order valence-corrected chi connectivity index (χ3v) is 3.91. The minimum absolute atomic E-state index is 0.0748. The molecule has 23 heavy (non-hydrogen) atoms. The maximum atomic E-state index is 13.1. The van der Waals surface area contributed by atoms with Crippen LogP contribution in [0.2, 0.25) is 0 Å². The molecule has 0 aliphatic carbocycles. The average Bonchev–Trinajstić information content (AvgIpc) is 2.53. The molecule has 1 aromatic carbocycles. The fourth-order valence-corrected chi connectivity index (χ4v) is 2.81. The molecule has 1 atom stereocenters. The van der Waals surface area contributed by atoms with E-state index in [-0.39, 0.29) is 11.8 Å². The lowest BCUT2D eigenvalue weighted by Crippen LogP contribution is -2.45. The molecule has 0 saturated carbocycles. The van der Waals surface area contributed by atoms with Crippen LogP contribution in [0, 0.1) is 0 Å². The fourth-order valence-electron chi connectivity index (χ4n) is 2.81. The number of hydrogen-bond donors (Lipinski definition) is 1. The standard InChI is InChI=1S/C16H22F4N2O/c1-2-4-14(22-9-7-21-8-10-22)12-5-3-6-13(11-12)23-16(19,20)15(17)18/h3,5-6,11,14-15,21H,2,4,7-10H2,1H3/t14-/m1/s1. The molecule has 1 saturated heterocycles. The van der Waals surface area contributed by atoms with Crippen molar-refractivity contribution in [3.63, 3.8) is 0 Å². The molecule has 3 nitrogen and oxygen atoms in total. The Kier molecular flexibility index (Phi) is 6.24. The van der Waals surface area contributed by atoms with E-state index in [1.807, 2.05) is 6.07 Å². The van der Waals surface area contributed by atoms with Crippen molar-refractivity contribution in [3.8, 4) is 5.75 Å². The molecule has 7 heteroatoms. The second-order valence-corrected chi connectivity index (χ2v) is 5.63. The number of nitrogens with one attached hydrogen (secondary N) is 1. The largest absolute Gasteiger partial charge is 0.461 e. The van der Waals surface area contributed by atoms with Gasteiger partial charge in [0.05, 0.1) is 0 Å². The molecule has 1 N–H and O–H groups in total. The monoisotopic (exact) mass is 334 g/mol. The van der Waals surface area contributed by atoms with Crippen LogP contribution in [0.4, 0.5) is 17.6 Å². The number of hydrogen-bond acceptors (Lipinski definition) is 3. The maximum absolute atomic E-state index is 13.1. The van der Waals surface area contributed by atoms with Gasteiger partial charge in [-0.2, -0.15) is 17.6 Å². The van der Waals surface area contributed by atoms with Crippen LogP contribution in [-0.4, -0.2) is 43.6 Å². The summed E-state index contributed by atoms with van der Waals surface area (Å²) in [4.78, 5) is 2.28. The van der Waals surface area contributed by atoms with Crippen molar-refractivity contribution in [1.82, 2.24) is 10.2 Å². The van der Waals surface area contributed by atoms with Gasteiger partial charge in [0.25, 0.3) is 0 Å². The van der Waals surface area contributed by atoms with E-state index in [1.54, 1.807) is 6.07 Å². The van der Waals surface area contributed by atoms with Crippen LogP contribution in [0.25, 0.3) is 0 Å². The van der Waals surface area contributed by atoms with E-state index in [2.05, 4.69) is 21.9 Å². The lowest BCUT2D eigenvalue weighted by Gasteiger charge is -2.35. The molecule has 1 fully saturated rings. The van der Waals surface area contributed by atoms with Gasteiger partial charge in [-0.25, -0.2) is 0 Å². The first-order valence-corrected chi connectivity index (χ1v) is 7.83. The van der Waals surface area contributed by atoms with Gasteiger partial charge in [-0.3, -0.25) is 4.90 Å². The molecule has 1 aliphatic rings. The predicted molar refractivity (Wildman–Crippen MR) is 80.1 cm³/mol. The Balaban J connectivity index is 2.18. The number of nitrogens with zero attached hydrogens (tertiary/aromatic N) is 1. The first-order chi connectivity index (χ1) is 10.9. The topological polar surface area (TPSA) is 24.5 Å². The lowest BCUT2D eigenvalue weighted by atomic mass is 9.99. The van der Waals surface area contributed by atoms with Crippen molar-refractivity contribution in [2.24, 2.45) is 0 Å². The zero-order valence-corrected chi connectivity index (χ0v) is 13.1. The van der Waals surface area contributed by atoms with Gasteiger partial charge in [-0.15, -0.1) is 0 Å². The normalized spacial score (nSPS) is 18.2. The van der Waals surface area contributed by atoms with E-state index in [0.29, 0.717) is 0 Å². The molecule has 2 rings (SSSR count). The van der Waals surface area contributed by atoms with Gasteiger partial charge in [0.2, 0.25) is 0 Å². The second-order valence-electron chi connectivity index (χ2n) is 5.63. The summed E-state index contributed by atoms with van der Waals surface area (Å²) in [6, 6.07) is 6.19. The first kappa shape index (κ1) is 18.0. The highest BCUT2D eigenvalue weighted by atomic mass is 19.3. The van der Waals surface area contributed by atoms with Crippen LogP contribution >= 0.6 is 0 Å². The molecule has 0 amide bonds. The fraction of sp³-hybridized carbons (Fsp3) is 0.625.